The van der Waals surface area contributed by atoms with Crippen molar-refractivity contribution in [1.82, 2.24) is 10.3 Å². The number of halogens is 1. The van der Waals surface area contributed by atoms with E-state index in [2.05, 4.69) is 16.4 Å². The highest BCUT2D eigenvalue weighted by Crippen LogP contribution is 2.37. The average Bonchev–Trinajstić information content (AvgIpc) is 3.15. The van der Waals surface area contributed by atoms with Gasteiger partial charge in [-0.3, -0.25) is 4.79 Å². The molecule has 30 heavy (non-hydrogen) atoms. The van der Waals surface area contributed by atoms with E-state index in [0.717, 1.165) is 39.2 Å². The zero-order valence-corrected chi connectivity index (χ0v) is 17.3. The van der Waals surface area contributed by atoms with E-state index in [9.17, 15) is 9.18 Å². The van der Waals surface area contributed by atoms with Gasteiger partial charge >= 0.3 is 0 Å². The van der Waals surface area contributed by atoms with Crippen LogP contribution in [0.25, 0.3) is 22.2 Å². The summed E-state index contributed by atoms with van der Waals surface area (Å²) in [4.78, 5) is 16.7. The van der Waals surface area contributed by atoms with Crippen LogP contribution >= 0.6 is 11.8 Å². The Hall–Kier alpha value is -3.05. The summed E-state index contributed by atoms with van der Waals surface area (Å²) < 4.78 is 13.3. The second kappa shape index (κ2) is 9.63. The van der Waals surface area contributed by atoms with Gasteiger partial charge in [0.15, 0.2) is 0 Å². The third-order valence-corrected chi connectivity index (χ3v) is 6.07. The molecule has 0 saturated heterocycles. The number of hydrogen-bond acceptors (Lipinski definition) is 2. The first-order valence-electron chi connectivity index (χ1n) is 10.0. The molecule has 0 saturated carbocycles. The maximum atomic E-state index is 13.3. The zero-order valence-electron chi connectivity index (χ0n) is 16.5. The topological polar surface area (TPSA) is 44.9 Å². The number of benzene rings is 3. The second-order valence-corrected chi connectivity index (χ2v) is 8.17. The van der Waals surface area contributed by atoms with Crippen molar-refractivity contribution in [3.05, 3.63) is 90.2 Å². The Morgan fingerprint density at radius 1 is 0.933 bits per heavy atom. The molecule has 3 aromatic carbocycles. The van der Waals surface area contributed by atoms with Crippen LogP contribution in [0.4, 0.5) is 4.39 Å². The summed E-state index contributed by atoms with van der Waals surface area (Å²) in [6, 6.07) is 24.7. The van der Waals surface area contributed by atoms with Gasteiger partial charge in [0, 0.05) is 34.5 Å². The van der Waals surface area contributed by atoms with Crippen molar-refractivity contribution in [2.75, 3.05) is 12.3 Å². The first-order chi connectivity index (χ1) is 14.7. The number of hydrogen-bond donors (Lipinski definition) is 2. The van der Waals surface area contributed by atoms with Crippen molar-refractivity contribution in [2.24, 2.45) is 0 Å². The van der Waals surface area contributed by atoms with Gasteiger partial charge in [0.25, 0.3) is 0 Å². The molecule has 0 atom stereocenters. The first-order valence-corrected chi connectivity index (χ1v) is 11.0. The lowest BCUT2D eigenvalue weighted by Gasteiger charge is -2.07. The summed E-state index contributed by atoms with van der Waals surface area (Å²) in [5.41, 5.74) is 4.15. The molecule has 0 bridgehead atoms. The SMILES string of the molecule is O=C(CCc1ccccc1)NCCSc1c(-c2ccc(F)cc2)[nH]c2ccccc12. The van der Waals surface area contributed by atoms with E-state index in [-0.39, 0.29) is 11.7 Å². The number of carbonyl (C=O) groups is 1. The number of aromatic nitrogens is 1. The third kappa shape index (κ3) is 4.92. The quantitative estimate of drug-likeness (QED) is 0.280. The lowest BCUT2D eigenvalue weighted by molar-refractivity contribution is -0.120. The molecule has 4 aromatic rings. The van der Waals surface area contributed by atoms with E-state index >= 15 is 0 Å². The van der Waals surface area contributed by atoms with E-state index < -0.39 is 0 Å². The Bertz CT molecular complexity index is 1120. The van der Waals surface area contributed by atoms with Gasteiger partial charge in [0.1, 0.15) is 5.82 Å². The number of fused-ring (bicyclic) bond motifs is 1. The Balaban J connectivity index is 1.38. The normalized spacial score (nSPS) is 11.0. The number of nitrogens with one attached hydrogen (secondary N) is 2. The summed E-state index contributed by atoms with van der Waals surface area (Å²) in [5, 5.41) is 4.15. The Morgan fingerprint density at radius 3 is 2.47 bits per heavy atom. The molecule has 0 radical (unpaired) electrons. The molecular weight excluding hydrogens is 395 g/mol. The van der Waals surface area contributed by atoms with E-state index in [1.54, 1.807) is 23.9 Å². The number of H-pyrrole nitrogens is 1. The molecule has 1 aromatic heterocycles. The van der Waals surface area contributed by atoms with Gasteiger partial charge in [0.2, 0.25) is 5.91 Å². The fourth-order valence-corrected chi connectivity index (χ4v) is 4.48. The van der Waals surface area contributed by atoms with Crippen LogP contribution in [0, 0.1) is 5.82 Å². The molecule has 0 aliphatic carbocycles. The zero-order chi connectivity index (χ0) is 20.8. The lowest BCUT2D eigenvalue weighted by Crippen LogP contribution is -2.25. The number of aryl methyl sites for hydroxylation is 1. The van der Waals surface area contributed by atoms with E-state index in [4.69, 9.17) is 0 Å². The third-order valence-electron chi connectivity index (χ3n) is 4.95. The number of thioether (sulfide) groups is 1. The molecule has 1 heterocycles. The van der Waals surface area contributed by atoms with Gasteiger partial charge in [-0.15, -0.1) is 11.8 Å². The number of aromatic amines is 1. The summed E-state index contributed by atoms with van der Waals surface area (Å²) in [7, 11) is 0. The first kappa shape index (κ1) is 20.2. The number of rotatable bonds is 8. The Morgan fingerprint density at radius 2 is 1.67 bits per heavy atom. The van der Waals surface area contributed by atoms with Crippen molar-refractivity contribution in [2.45, 2.75) is 17.7 Å². The largest absolute Gasteiger partial charge is 0.355 e. The highest BCUT2D eigenvalue weighted by molar-refractivity contribution is 7.99. The lowest BCUT2D eigenvalue weighted by atomic mass is 10.1. The monoisotopic (exact) mass is 418 g/mol. The van der Waals surface area contributed by atoms with Gasteiger partial charge in [-0.1, -0.05) is 48.5 Å². The van der Waals surface area contributed by atoms with Crippen LogP contribution in [0.5, 0.6) is 0 Å². The molecule has 4 rings (SSSR count). The summed E-state index contributed by atoms with van der Waals surface area (Å²) in [6.07, 6.45) is 1.24. The van der Waals surface area contributed by atoms with Crippen LogP contribution in [-0.4, -0.2) is 23.2 Å². The standard InChI is InChI=1S/C25H23FN2OS/c26-20-13-11-19(12-14-20)24-25(21-8-4-5-9-22(21)28-24)30-17-16-27-23(29)15-10-18-6-2-1-3-7-18/h1-9,11-14,28H,10,15-17H2,(H,27,29). The fraction of sp³-hybridized carbons (Fsp3) is 0.160. The molecule has 3 nitrogen and oxygen atoms in total. The highest BCUT2D eigenvalue weighted by atomic mass is 32.2. The predicted molar refractivity (Wildman–Crippen MR) is 122 cm³/mol. The molecule has 0 spiro atoms. The van der Waals surface area contributed by atoms with Crippen molar-refractivity contribution in [1.29, 1.82) is 0 Å². The summed E-state index contributed by atoms with van der Waals surface area (Å²) in [6.45, 7) is 0.598. The smallest absolute Gasteiger partial charge is 0.220 e. The van der Waals surface area contributed by atoms with E-state index in [1.807, 2.05) is 48.5 Å². The van der Waals surface area contributed by atoms with Crippen molar-refractivity contribution < 1.29 is 9.18 Å². The maximum absolute atomic E-state index is 13.3. The molecule has 152 valence electrons. The van der Waals surface area contributed by atoms with Gasteiger partial charge in [-0.25, -0.2) is 4.39 Å². The molecule has 0 aliphatic rings. The van der Waals surface area contributed by atoms with E-state index in [1.165, 1.54) is 17.7 Å². The molecule has 0 aliphatic heterocycles. The minimum Gasteiger partial charge on any atom is -0.355 e. The molecule has 0 unspecified atom stereocenters. The predicted octanol–water partition coefficient (Wildman–Crippen LogP) is 5.82. The fourth-order valence-electron chi connectivity index (χ4n) is 3.42. The van der Waals surface area contributed by atoms with Crippen molar-refractivity contribution >= 4 is 28.6 Å². The van der Waals surface area contributed by atoms with Crippen LogP contribution in [-0.2, 0) is 11.2 Å². The van der Waals surface area contributed by atoms with Crippen molar-refractivity contribution in [3.8, 4) is 11.3 Å². The van der Waals surface area contributed by atoms with Gasteiger partial charge in [-0.05, 0) is 47.9 Å². The minimum atomic E-state index is -0.248. The second-order valence-electron chi connectivity index (χ2n) is 7.07. The van der Waals surface area contributed by atoms with Crippen LogP contribution in [0.15, 0.2) is 83.8 Å². The van der Waals surface area contributed by atoms with Crippen LogP contribution in [0.3, 0.4) is 0 Å². The van der Waals surface area contributed by atoms with E-state index in [0.29, 0.717) is 13.0 Å². The summed E-state index contributed by atoms with van der Waals surface area (Å²) >= 11 is 1.70. The molecule has 0 fully saturated rings. The highest BCUT2D eigenvalue weighted by Gasteiger charge is 2.13. The number of amides is 1. The summed E-state index contributed by atoms with van der Waals surface area (Å²) in [5.74, 6) is 0.576. The van der Waals surface area contributed by atoms with Gasteiger partial charge in [-0.2, -0.15) is 0 Å². The molecular formula is C25H23FN2OS. The molecule has 2 N–H and O–H groups in total. The van der Waals surface area contributed by atoms with Gasteiger partial charge < -0.3 is 10.3 Å². The van der Waals surface area contributed by atoms with Crippen LogP contribution < -0.4 is 5.32 Å². The Kier molecular flexibility index (Phi) is 6.50. The maximum Gasteiger partial charge on any atom is 0.220 e. The Labute approximate surface area is 179 Å². The van der Waals surface area contributed by atoms with Crippen molar-refractivity contribution in [3.63, 3.8) is 0 Å². The van der Waals surface area contributed by atoms with Crippen LogP contribution in [0.2, 0.25) is 0 Å². The minimum absolute atomic E-state index is 0.0668. The van der Waals surface area contributed by atoms with Gasteiger partial charge in [0.05, 0.1) is 5.69 Å². The number of carbonyl (C=O) groups excluding carboxylic acids is 1. The molecule has 1 amide bonds. The number of para-hydroxylation sites is 1. The van der Waals surface area contributed by atoms with Crippen LogP contribution in [0.1, 0.15) is 12.0 Å². The molecule has 5 heteroatoms. The average molecular weight is 419 g/mol.